The van der Waals surface area contributed by atoms with E-state index in [-0.39, 0.29) is 11.9 Å². The molecule has 0 amide bonds. The van der Waals surface area contributed by atoms with E-state index in [1.54, 1.807) is 12.3 Å². The number of pyridine rings is 1. The zero-order valence-corrected chi connectivity index (χ0v) is 10.6. The molecule has 1 atom stereocenters. The largest absolute Gasteiger partial charge is 0.384 e. The lowest BCUT2D eigenvalue weighted by Crippen LogP contribution is -2.40. The highest BCUT2D eigenvalue weighted by atomic mass is 19.1. The van der Waals surface area contributed by atoms with Crippen LogP contribution in [0.5, 0.6) is 0 Å². The zero-order valence-electron chi connectivity index (χ0n) is 10.6. The highest BCUT2D eigenvalue weighted by molar-refractivity contribution is 5.32. The van der Waals surface area contributed by atoms with Gasteiger partial charge in [0, 0.05) is 30.9 Å². The summed E-state index contributed by atoms with van der Waals surface area (Å²) in [5, 5.41) is 0. The van der Waals surface area contributed by atoms with Gasteiger partial charge < -0.3 is 5.73 Å². The van der Waals surface area contributed by atoms with Crippen LogP contribution in [0.4, 0.5) is 10.2 Å². The number of halogens is 1. The number of benzene rings is 1. The first-order valence-electron chi connectivity index (χ1n) is 6.43. The minimum Gasteiger partial charge on any atom is -0.384 e. The van der Waals surface area contributed by atoms with Crippen LogP contribution in [0.3, 0.4) is 0 Å². The van der Waals surface area contributed by atoms with Gasteiger partial charge in [0.05, 0.1) is 0 Å². The lowest BCUT2D eigenvalue weighted by atomic mass is 9.93. The van der Waals surface area contributed by atoms with Crippen molar-refractivity contribution in [1.82, 2.24) is 9.88 Å². The Kier molecular flexibility index (Phi) is 3.17. The van der Waals surface area contributed by atoms with Crippen LogP contribution in [-0.4, -0.2) is 16.4 Å². The topological polar surface area (TPSA) is 42.1 Å². The second kappa shape index (κ2) is 4.97. The van der Waals surface area contributed by atoms with Crippen molar-refractivity contribution in [3.05, 3.63) is 59.5 Å². The molecule has 2 heterocycles. The summed E-state index contributed by atoms with van der Waals surface area (Å²) in [5.41, 5.74) is 7.58. The van der Waals surface area contributed by atoms with Crippen LogP contribution in [0.15, 0.2) is 42.6 Å². The Morgan fingerprint density at radius 2 is 2.16 bits per heavy atom. The van der Waals surface area contributed by atoms with Gasteiger partial charge in [0.25, 0.3) is 0 Å². The predicted molar refractivity (Wildman–Crippen MR) is 72.8 cm³/mol. The van der Waals surface area contributed by atoms with Gasteiger partial charge in [0.2, 0.25) is 0 Å². The molecule has 0 radical (unpaired) electrons. The molecule has 1 aliphatic rings. The Labute approximate surface area is 111 Å². The molecule has 0 bridgehead atoms. The third-order valence-electron chi connectivity index (χ3n) is 3.63. The Balaban J connectivity index is 1.75. The van der Waals surface area contributed by atoms with Gasteiger partial charge in [-0.3, -0.25) is 4.90 Å². The molecule has 0 aliphatic carbocycles. The normalized spacial score (nSPS) is 19.1. The number of nitrogens with two attached hydrogens (primary N) is 1. The third-order valence-corrected chi connectivity index (χ3v) is 3.63. The van der Waals surface area contributed by atoms with Gasteiger partial charge in [-0.1, -0.05) is 18.2 Å². The number of aromatic nitrogens is 1. The fraction of sp³-hybridized carbons (Fsp3) is 0.267. The molecule has 0 saturated carbocycles. The predicted octanol–water partition coefficient (Wildman–Crippen LogP) is 2.75. The van der Waals surface area contributed by atoms with E-state index in [1.165, 1.54) is 6.07 Å². The second-order valence-electron chi connectivity index (χ2n) is 4.89. The summed E-state index contributed by atoms with van der Waals surface area (Å²) in [4.78, 5) is 6.24. The van der Waals surface area contributed by atoms with Crippen molar-refractivity contribution in [2.24, 2.45) is 0 Å². The van der Waals surface area contributed by atoms with Gasteiger partial charge in [-0.15, -0.1) is 0 Å². The molecule has 0 spiro atoms. The van der Waals surface area contributed by atoms with E-state index in [2.05, 4.69) is 9.88 Å². The molecule has 98 valence electrons. The SMILES string of the molecule is Nc1cc(CN2CCC2c2ccccc2F)ccn1. The summed E-state index contributed by atoms with van der Waals surface area (Å²) >= 11 is 0. The molecule has 1 aromatic heterocycles. The fourth-order valence-electron chi connectivity index (χ4n) is 2.55. The van der Waals surface area contributed by atoms with Gasteiger partial charge in [-0.2, -0.15) is 0 Å². The molecule has 3 rings (SSSR count). The smallest absolute Gasteiger partial charge is 0.127 e. The van der Waals surface area contributed by atoms with Crippen molar-refractivity contribution < 1.29 is 4.39 Å². The summed E-state index contributed by atoms with van der Waals surface area (Å²) in [6.07, 6.45) is 2.71. The van der Waals surface area contributed by atoms with E-state index in [9.17, 15) is 4.39 Å². The molecule has 4 heteroatoms. The van der Waals surface area contributed by atoms with Crippen LogP contribution in [0.2, 0.25) is 0 Å². The first-order valence-corrected chi connectivity index (χ1v) is 6.43. The Morgan fingerprint density at radius 3 is 2.84 bits per heavy atom. The van der Waals surface area contributed by atoms with E-state index < -0.39 is 0 Å². The number of anilines is 1. The van der Waals surface area contributed by atoms with Crippen molar-refractivity contribution in [2.75, 3.05) is 12.3 Å². The molecule has 3 nitrogen and oxygen atoms in total. The molecule has 19 heavy (non-hydrogen) atoms. The average Bonchev–Trinajstić information content (AvgIpc) is 2.38. The van der Waals surface area contributed by atoms with Crippen molar-refractivity contribution in [3.63, 3.8) is 0 Å². The summed E-state index contributed by atoms with van der Waals surface area (Å²) in [6.45, 7) is 1.77. The molecule has 1 aliphatic heterocycles. The average molecular weight is 257 g/mol. The minimum atomic E-state index is -0.119. The van der Waals surface area contributed by atoms with Gasteiger partial charge >= 0.3 is 0 Å². The number of nitrogen functional groups attached to an aromatic ring is 1. The maximum atomic E-state index is 13.8. The first kappa shape index (κ1) is 12.1. The van der Waals surface area contributed by atoms with Crippen LogP contribution in [0.1, 0.15) is 23.6 Å². The van der Waals surface area contributed by atoms with Crippen LogP contribution < -0.4 is 5.73 Å². The maximum Gasteiger partial charge on any atom is 0.127 e. The molecule has 2 aromatic rings. The van der Waals surface area contributed by atoms with E-state index in [0.717, 1.165) is 30.6 Å². The van der Waals surface area contributed by atoms with Crippen molar-refractivity contribution in [1.29, 1.82) is 0 Å². The number of likely N-dealkylation sites (tertiary alicyclic amines) is 1. The quantitative estimate of drug-likeness (QED) is 0.919. The molecule has 2 N–H and O–H groups in total. The molecule has 1 unspecified atom stereocenters. The van der Waals surface area contributed by atoms with Gasteiger partial charge in [0.1, 0.15) is 11.6 Å². The monoisotopic (exact) mass is 257 g/mol. The van der Waals surface area contributed by atoms with E-state index >= 15 is 0 Å². The van der Waals surface area contributed by atoms with E-state index in [1.807, 2.05) is 24.3 Å². The molecule has 1 fully saturated rings. The number of rotatable bonds is 3. The lowest BCUT2D eigenvalue weighted by molar-refractivity contribution is 0.0791. The van der Waals surface area contributed by atoms with E-state index in [4.69, 9.17) is 5.73 Å². The van der Waals surface area contributed by atoms with Crippen molar-refractivity contribution >= 4 is 5.82 Å². The summed E-state index contributed by atoms with van der Waals surface area (Å²) in [5.74, 6) is 0.409. The fourth-order valence-corrected chi connectivity index (χ4v) is 2.55. The minimum absolute atomic E-state index is 0.119. The lowest BCUT2D eigenvalue weighted by Gasteiger charge is -2.41. The molecule has 1 saturated heterocycles. The van der Waals surface area contributed by atoms with Crippen LogP contribution in [-0.2, 0) is 6.54 Å². The Morgan fingerprint density at radius 1 is 1.32 bits per heavy atom. The van der Waals surface area contributed by atoms with Crippen LogP contribution >= 0.6 is 0 Å². The van der Waals surface area contributed by atoms with Gasteiger partial charge in [-0.05, 0) is 30.2 Å². The van der Waals surface area contributed by atoms with E-state index in [0.29, 0.717) is 5.82 Å². The maximum absolute atomic E-state index is 13.8. The Bertz CT molecular complexity index is 585. The summed E-state index contributed by atoms with van der Waals surface area (Å²) in [6, 6.07) is 11.0. The summed E-state index contributed by atoms with van der Waals surface area (Å²) < 4.78 is 13.8. The van der Waals surface area contributed by atoms with Crippen molar-refractivity contribution in [3.8, 4) is 0 Å². The first-order chi connectivity index (χ1) is 9.24. The van der Waals surface area contributed by atoms with Crippen LogP contribution in [0, 0.1) is 5.82 Å². The third kappa shape index (κ3) is 2.44. The number of hydrogen-bond acceptors (Lipinski definition) is 3. The van der Waals surface area contributed by atoms with Gasteiger partial charge in [0.15, 0.2) is 0 Å². The molecular weight excluding hydrogens is 241 g/mol. The zero-order chi connectivity index (χ0) is 13.2. The number of hydrogen-bond donors (Lipinski definition) is 1. The van der Waals surface area contributed by atoms with Crippen molar-refractivity contribution in [2.45, 2.75) is 19.0 Å². The molecule has 1 aromatic carbocycles. The standard InChI is InChI=1S/C15H16FN3/c16-13-4-2-1-3-12(13)14-6-8-19(14)10-11-5-7-18-15(17)9-11/h1-5,7,9,14H,6,8,10H2,(H2,17,18). The second-order valence-corrected chi connectivity index (χ2v) is 4.89. The highest BCUT2D eigenvalue weighted by Gasteiger charge is 2.30. The van der Waals surface area contributed by atoms with Gasteiger partial charge in [-0.25, -0.2) is 9.37 Å². The molecular formula is C15H16FN3. The van der Waals surface area contributed by atoms with Crippen LogP contribution in [0.25, 0.3) is 0 Å². The Hall–Kier alpha value is -1.94. The highest BCUT2D eigenvalue weighted by Crippen LogP contribution is 2.35. The number of nitrogens with zero attached hydrogens (tertiary/aromatic N) is 2. The summed E-state index contributed by atoms with van der Waals surface area (Å²) in [7, 11) is 0.